The fourth-order valence-corrected chi connectivity index (χ4v) is 3.38. The third-order valence-electron chi connectivity index (χ3n) is 4.36. The summed E-state index contributed by atoms with van der Waals surface area (Å²) in [5, 5.41) is 14.8. The molecule has 2 saturated carbocycles. The maximum absolute atomic E-state index is 11.9. The maximum Gasteiger partial charge on any atom is 0.408 e. The Hall–Kier alpha value is -1.46. The summed E-state index contributed by atoms with van der Waals surface area (Å²) in [6, 6.07) is -0.437. The Morgan fingerprint density at radius 2 is 2.05 bits per heavy atom. The van der Waals surface area contributed by atoms with Crippen LogP contribution in [0.3, 0.4) is 0 Å². The van der Waals surface area contributed by atoms with E-state index in [1.54, 1.807) is 20.8 Å². The molecule has 0 aromatic carbocycles. The molecule has 20 heavy (non-hydrogen) atoms. The molecule has 1 spiro atoms. The average Bonchev–Trinajstić information content (AvgIpc) is 2.79. The molecule has 2 fully saturated rings. The van der Waals surface area contributed by atoms with Gasteiger partial charge in [0, 0.05) is 0 Å². The molecule has 6 heteroatoms. The second-order valence-corrected chi connectivity index (χ2v) is 7.03. The van der Waals surface area contributed by atoms with Gasteiger partial charge in [0.05, 0.1) is 6.04 Å². The lowest BCUT2D eigenvalue weighted by molar-refractivity contribution is 0.0510. The molecule has 2 atom stereocenters. The molecule has 2 rings (SSSR count). The van der Waals surface area contributed by atoms with Crippen molar-refractivity contribution in [3.05, 3.63) is 0 Å². The third kappa shape index (κ3) is 3.16. The standard InChI is InChI=1S/C14H25N3O3/c1-13(2,3)20-12(18)16-10(11(15)17-19)9-8-14(9)6-4-5-7-14/h9-10,19H,4-8H2,1-3H3,(H2,15,17)(H,16,18). The monoisotopic (exact) mass is 283 g/mol. The van der Waals surface area contributed by atoms with Crippen LogP contribution in [0.4, 0.5) is 4.79 Å². The normalized spacial score (nSPS) is 26.4. The van der Waals surface area contributed by atoms with Gasteiger partial charge in [-0.05, 0) is 51.4 Å². The Morgan fingerprint density at radius 3 is 2.55 bits per heavy atom. The Kier molecular flexibility index (Phi) is 3.84. The smallest absolute Gasteiger partial charge is 0.408 e. The van der Waals surface area contributed by atoms with Crippen molar-refractivity contribution >= 4 is 11.9 Å². The van der Waals surface area contributed by atoms with Crippen LogP contribution in [0.25, 0.3) is 0 Å². The highest BCUT2D eigenvalue weighted by Gasteiger charge is 2.59. The zero-order chi connectivity index (χ0) is 15.0. The highest BCUT2D eigenvalue weighted by atomic mass is 16.6. The van der Waals surface area contributed by atoms with E-state index >= 15 is 0 Å². The molecule has 2 unspecified atom stereocenters. The highest BCUT2D eigenvalue weighted by Crippen LogP contribution is 2.64. The van der Waals surface area contributed by atoms with Gasteiger partial charge in [0.25, 0.3) is 0 Å². The van der Waals surface area contributed by atoms with Crippen molar-refractivity contribution in [2.75, 3.05) is 0 Å². The summed E-state index contributed by atoms with van der Waals surface area (Å²) in [7, 11) is 0. The van der Waals surface area contributed by atoms with E-state index in [2.05, 4.69) is 10.5 Å². The lowest BCUT2D eigenvalue weighted by Crippen LogP contribution is -2.48. The average molecular weight is 283 g/mol. The van der Waals surface area contributed by atoms with Gasteiger partial charge >= 0.3 is 6.09 Å². The van der Waals surface area contributed by atoms with Crippen LogP contribution in [-0.4, -0.2) is 28.8 Å². The lowest BCUT2D eigenvalue weighted by atomic mass is 9.97. The molecule has 4 N–H and O–H groups in total. The largest absolute Gasteiger partial charge is 0.444 e. The molecular formula is C14H25N3O3. The summed E-state index contributed by atoms with van der Waals surface area (Å²) in [5.74, 6) is 0.318. The van der Waals surface area contributed by atoms with Crippen LogP contribution in [0, 0.1) is 11.3 Å². The summed E-state index contributed by atoms with van der Waals surface area (Å²) in [5.41, 5.74) is 5.48. The van der Waals surface area contributed by atoms with Crippen molar-refractivity contribution in [3.63, 3.8) is 0 Å². The van der Waals surface area contributed by atoms with Gasteiger partial charge in [-0.2, -0.15) is 0 Å². The minimum Gasteiger partial charge on any atom is -0.444 e. The molecular weight excluding hydrogens is 258 g/mol. The van der Waals surface area contributed by atoms with Crippen LogP contribution in [0.5, 0.6) is 0 Å². The van der Waals surface area contributed by atoms with Crippen LogP contribution >= 0.6 is 0 Å². The van der Waals surface area contributed by atoms with E-state index in [0.29, 0.717) is 0 Å². The molecule has 0 aliphatic heterocycles. The predicted molar refractivity (Wildman–Crippen MR) is 75.6 cm³/mol. The molecule has 0 heterocycles. The fourth-order valence-electron chi connectivity index (χ4n) is 3.38. The first kappa shape index (κ1) is 14.9. The van der Waals surface area contributed by atoms with Crippen LogP contribution < -0.4 is 11.1 Å². The van der Waals surface area contributed by atoms with Crippen molar-refractivity contribution in [1.82, 2.24) is 5.32 Å². The van der Waals surface area contributed by atoms with Crippen LogP contribution in [0.2, 0.25) is 0 Å². The summed E-state index contributed by atoms with van der Waals surface area (Å²) in [6.07, 6.45) is 5.31. The van der Waals surface area contributed by atoms with Gasteiger partial charge in [0.2, 0.25) is 0 Å². The molecule has 0 bridgehead atoms. The number of hydrogen-bond donors (Lipinski definition) is 3. The van der Waals surface area contributed by atoms with Crippen molar-refractivity contribution in [1.29, 1.82) is 0 Å². The highest BCUT2D eigenvalue weighted by molar-refractivity contribution is 5.89. The molecule has 6 nitrogen and oxygen atoms in total. The van der Waals surface area contributed by atoms with E-state index in [1.165, 1.54) is 25.7 Å². The molecule has 2 aliphatic carbocycles. The topological polar surface area (TPSA) is 96.9 Å². The zero-order valence-corrected chi connectivity index (χ0v) is 12.5. The molecule has 2 aliphatic rings. The number of carbonyl (C=O) groups excluding carboxylic acids is 1. The third-order valence-corrected chi connectivity index (χ3v) is 4.36. The number of nitrogens with zero attached hydrogens (tertiary/aromatic N) is 1. The second kappa shape index (κ2) is 5.14. The number of hydrogen-bond acceptors (Lipinski definition) is 4. The molecule has 0 aromatic rings. The first-order valence-corrected chi connectivity index (χ1v) is 7.24. The van der Waals surface area contributed by atoms with E-state index < -0.39 is 17.7 Å². The van der Waals surface area contributed by atoms with Crippen molar-refractivity contribution < 1.29 is 14.7 Å². The first-order chi connectivity index (χ1) is 9.27. The van der Waals surface area contributed by atoms with E-state index in [9.17, 15) is 4.79 Å². The summed E-state index contributed by atoms with van der Waals surface area (Å²) in [4.78, 5) is 11.9. The number of carbonyl (C=O) groups is 1. The van der Waals surface area contributed by atoms with Gasteiger partial charge in [0.15, 0.2) is 5.84 Å². The summed E-state index contributed by atoms with van der Waals surface area (Å²) in [6.45, 7) is 5.42. The van der Waals surface area contributed by atoms with Crippen LogP contribution in [0.15, 0.2) is 5.16 Å². The molecule has 114 valence electrons. The quantitative estimate of drug-likeness (QED) is 0.320. The zero-order valence-electron chi connectivity index (χ0n) is 12.5. The first-order valence-electron chi connectivity index (χ1n) is 7.24. The van der Waals surface area contributed by atoms with Crippen LogP contribution in [0.1, 0.15) is 52.9 Å². The minimum atomic E-state index is -0.561. The van der Waals surface area contributed by atoms with Crippen molar-refractivity contribution in [3.8, 4) is 0 Å². The Balaban J connectivity index is 2.01. The Bertz CT molecular complexity index is 408. The summed E-state index contributed by atoms with van der Waals surface area (Å²) >= 11 is 0. The number of rotatable bonds is 3. The SMILES string of the molecule is CC(C)(C)OC(=O)NC(C(N)=NO)C1CC12CCCC2. The van der Waals surface area contributed by atoms with Gasteiger partial charge in [-0.25, -0.2) is 4.79 Å². The van der Waals surface area contributed by atoms with Gasteiger partial charge in [-0.15, -0.1) is 0 Å². The number of oxime groups is 1. The Labute approximate surface area is 119 Å². The number of ether oxygens (including phenoxy) is 1. The molecule has 0 saturated heterocycles. The van der Waals surface area contributed by atoms with Gasteiger partial charge in [-0.3, -0.25) is 0 Å². The number of nitrogens with two attached hydrogens (primary N) is 1. The maximum atomic E-state index is 11.9. The fraction of sp³-hybridized carbons (Fsp3) is 0.857. The minimum absolute atomic E-state index is 0.0598. The predicted octanol–water partition coefficient (Wildman–Crippen LogP) is 2.21. The van der Waals surface area contributed by atoms with E-state index in [1.807, 2.05) is 0 Å². The summed E-state index contributed by atoms with van der Waals surface area (Å²) < 4.78 is 5.25. The second-order valence-electron chi connectivity index (χ2n) is 7.03. The van der Waals surface area contributed by atoms with E-state index in [4.69, 9.17) is 15.7 Å². The van der Waals surface area contributed by atoms with E-state index in [-0.39, 0.29) is 17.2 Å². The molecule has 0 aromatic heterocycles. The Morgan fingerprint density at radius 1 is 1.45 bits per heavy atom. The van der Waals surface area contributed by atoms with Crippen LogP contribution in [-0.2, 0) is 4.74 Å². The number of alkyl carbamates (subject to hydrolysis) is 1. The van der Waals surface area contributed by atoms with E-state index in [0.717, 1.165) is 6.42 Å². The van der Waals surface area contributed by atoms with Crippen molar-refractivity contribution in [2.45, 2.75) is 64.5 Å². The number of nitrogens with one attached hydrogen (secondary N) is 1. The lowest BCUT2D eigenvalue weighted by Gasteiger charge is -2.24. The van der Waals surface area contributed by atoms with Gasteiger partial charge in [0.1, 0.15) is 5.60 Å². The molecule has 1 amide bonds. The van der Waals surface area contributed by atoms with Crippen molar-refractivity contribution in [2.24, 2.45) is 22.2 Å². The molecule has 0 radical (unpaired) electrons. The van der Waals surface area contributed by atoms with Gasteiger partial charge < -0.3 is 21.0 Å². The number of amides is 1. The van der Waals surface area contributed by atoms with Gasteiger partial charge in [-0.1, -0.05) is 18.0 Å². The number of amidine groups is 1.